The van der Waals surface area contributed by atoms with Gasteiger partial charge in [-0.25, -0.2) is 12.6 Å². The van der Waals surface area contributed by atoms with Crippen LogP contribution in [0.4, 0.5) is 22.7 Å². The number of aromatic hydroxyl groups is 1. The van der Waals surface area contributed by atoms with Gasteiger partial charge < -0.3 is 41.8 Å². The second kappa shape index (κ2) is 22.1. The van der Waals surface area contributed by atoms with E-state index in [1.54, 1.807) is 6.07 Å². The summed E-state index contributed by atoms with van der Waals surface area (Å²) in [5.74, 6) is -0.530. The van der Waals surface area contributed by atoms with Gasteiger partial charge in [-0.2, -0.15) is 9.32 Å². The van der Waals surface area contributed by atoms with Gasteiger partial charge in [0.25, 0.3) is 11.5 Å². The van der Waals surface area contributed by atoms with Crippen molar-refractivity contribution in [1.82, 2.24) is 9.64 Å². The molecule has 23 heteroatoms. The van der Waals surface area contributed by atoms with Crippen molar-refractivity contribution in [3.8, 4) is 34.4 Å². The minimum absolute atomic E-state index is 0.000731. The van der Waals surface area contributed by atoms with Crippen LogP contribution in [0.5, 0.6) is 28.7 Å². The number of methoxy groups -OCH3 is 2. The molecule has 6 aromatic rings. The summed E-state index contributed by atoms with van der Waals surface area (Å²) < 4.78 is 98.4. The Balaban J connectivity index is 1.15. The summed E-state index contributed by atoms with van der Waals surface area (Å²) in [6.45, 7) is 11.0. The van der Waals surface area contributed by atoms with Crippen molar-refractivity contribution in [2.24, 2.45) is 10.2 Å². The normalized spacial score (nSPS) is 14.1. The average Bonchev–Trinajstić information content (AvgIpc) is 3.64. The molecule has 0 radical (unpaired) electrons. The molecular formula is C48H54N6O14S3. The molecule has 2 atom stereocenters. The van der Waals surface area contributed by atoms with Crippen LogP contribution >= 0.6 is 0 Å². The van der Waals surface area contributed by atoms with Gasteiger partial charge in [0.1, 0.15) is 18.1 Å². The van der Waals surface area contributed by atoms with Crippen molar-refractivity contribution < 1.29 is 58.6 Å². The van der Waals surface area contributed by atoms with E-state index in [1.807, 2.05) is 46.8 Å². The van der Waals surface area contributed by atoms with Crippen molar-refractivity contribution in [1.29, 1.82) is 0 Å². The molecule has 1 saturated heterocycles. The highest BCUT2D eigenvalue weighted by Crippen LogP contribution is 2.43. The van der Waals surface area contributed by atoms with Crippen molar-refractivity contribution in [2.45, 2.75) is 45.8 Å². The summed E-state index contributed by atoms with van der Waals surface area (Å²) >= 11 is -4.48. The van der Waals surface area contributed by atoms with Crippen LogP contribution in [0.2, 0.25) is 0 Å². The number of phenols is 1. The van der Waals surface area contributed by atoms with Crippen molar-refractivity contribution in [3.05, 3.63) is 117 Å². The number of azo groups is 1. The maximum atomic E-state index is 13.9. The van der Waals surface area contributed by atoms with Crippen LogP contribution in [-0.4, -0.2) is 97.5 Å². The fraction of sp³-hybridized carbons (Fsp3) is 0.333. The van der Waals surface area contributed by atoms with Crippen molar-refractivity contribution >= 4 is 71.8 Å². The number of amides is 1. The van der Waals surface area contributed by atoms with Gasteiger partial charge in [0.15, 0.2) is 23.0 Å². The van der Waals surface area contributed by atoms with E-state index in [1.165, 1.54) is 84.5 Å². The largest absolute Gasteiger partial charge is 0.506 e. The van der Waals surface area contributed by atoms with Gasteiger partial charge >= 0.3 is 11.3 Å². The Bertz CT molecular complexity index is 3220. The third kappa shape index (κ3) is 12.6. The molecule has 1 fully saturated rings. The number of fused-ring (bicyclic) bond motifs is 1. The number of nitrogens with one attached hydrogen (secondary N) is 2. The lowest BCUT2D eigenvalue weighted by atomic mass is 9.91. The van der Waals surface area contributed by atoms with Crippen molar-refractivity contribution in [2.75, 3.05) is 69.4 Å². The smallest absolute Gasteiger partial charge is 0.316 e. The number of morpholine rings is 1. The molecule has 20 nitrogen and oxygen atoms in total. The molecule has 0 aliphatic carbocycles. The Hall–Kier alpha value is -6.79. The van der Waals surface area contributed by atoms with E-state index in [9.17, 15) is 31.5 Å². The zero-order valence-electron chi connectivity index (χ0n) is 40.2. The van der Waals surface area contributed by atoms with Crippen LogP contribution in [0.15, 0.2) is 98.4 Å². The van der Waals surface area contributed by atoms with Crippen LogP contribution in [0, 0.1) is 13.8 Å². The first-order valence-electron chi connectivity index (χ1n) is 22.0. The molecule has 2 heterocycles. The molecule has 0 spiro atoms. The molecule has 1 aromatic heterocycles. The summed E-state index contributed by atoms with van der Waals surface area (Å²) in [4.78, 5) is 29.1. The first-order chi connectivity index (χ1) is 33.7. The topological polar surface area (TPSA) is 248 Å². The molecule has 0 saturated carbocycles. The van der Waals surface area contributed by atoms with Gasteiger partial charge in [-0.3, -0.25) is 19.0 Å². The first-order valence-corrected chi connectivity index (χ1v) is 26.2. The number of carbonyl (C=O) groups is 1. The number of benzene rings is 5. The number of rotatable bonds is 19. The number of aromatic nitrogens is 1. The lowest BCUT2D eigenvalue weighted by molar-refractivity contribution is 0.0301. The predicted octanol–water partition coefficient (Wildman–Crippen LogP) is 7.81. The number of hydrogen-bond donors (Lipinski definition) is 3. The molecule has 2 unspecified atom stereocenters. The second-order valence-electron chi connectivity index (χ2n) is 17.3. The molecule has 5 aromatic carbocycles. The zero-order chi connectivity index (χ0) is 51.2. The third-order valence-corrected chi connectivity index (χ3v) is 13.0. The lowest BCUT2D eigenvalue weighted by Gasteiger charge is -2.27. The molecular weight excluding hydrogens is 981 g/mol. The Morgan fingerprint density at radius 1 is 0.887 bits per heavy atom. The molecule has 1 amide bonds. The van der Waals surface area contributed by atoms with Crippen LogP contribution < -0.4 is 32.8 Å². The Labute approximate surface area is 415 Å². The summed E-state index contributed by atoms with van der Waals surface area (Å²) in [6.07, 6.45) is 0.975. The predicted molar refractivity (Wildman–Crippen MR) is 269 cm³/mol. The van der Waals surface area contributed by atoms with E-state index in [0.29, 0.717) is 37.8 Å². The maximum absolute atomic E-state index is 13.9. The summed E-state index contributed by atoms with van der Waals surface area (Å²) in [6, 6.07) is 20.3. The van der Waals surface area contributed by atoms with Crippen molar-refractivity contribution in [3.63, 3.8) is 0 Å². The molecule has 0 bridgehead atoms. The molecule has 378 valence electrons. The minimum Gasteiger partial charge on any atom is -0.506 e. The quantitative estimate of drug-likeness (QED) is 0.0517. The van der Waals surface area contributed by atoms with Gasteiger partial charge in [-0.15, -0.1) is 9.85 Å². The standard InChI is InChI=1S/C48H54N6O14S3/c1-29-12-15-38(30(2)24-29)54-47(57)35(45(66-54)48(3,4)5)28-69(58)67-41-26-32(14-16-39(41)63-7)51-70(59)68-42-25-31(13-17-40(42)65-23-22-62-6)49-50-37-27-34(46(56)53-18-20-64-21-19-53)44(55)33-10-9-11-36(43(33)37)52-71(8,60)61/h9-17,24-27,51-52,55H,18-23,28H2,1-8H3. The summed E-state index contributed by atoms with van der Waals surface area (Å²) in [7, 11) is -0.919. The monoisotopic (exact) mass is 1030 g/mol. The average molecular weight is 1040 g/mol. The van der Waals surface area contributed by atoms with Crippen LogP contribution in [0.25, 0.3) is 16.5 Å². The molecule has 71 heavy (non-hydrogen) atoms. The number of carbonyl (C=O) groups excluding carboxylic acids is 1. The SMILES string of the molecule is COCCOc1ccc(N=Nc2cc(C(=O)N3CCOCC3)c(O)c3cccc(NS(C)(=O)=O)c23)cc1OS(=O)Nc1ccc(OC)c(OS(=O)Cc2c(C(C)(C)C)on(-c3ccc(C)cc3C)c2=O)c1. The van der Waals surface area contributed by atoms with Gasteiger partial charge in [-0.05, 0) is 61.9 Å². The van der Waals surface area contributed by atoms with Gasteiger partial charge in [-0.1, -0.05) is 50.6 Å². The van der Waals surface area contributed by atoms with Crippen LogP contribution in [0.3, 0.4) is 0 Å². The van der Waals surface area contributed by atoms with E-state index in [2.05, 4.69) is 19.7 Å². The van der Waals surface area contributed by atoms with E-state index in [-0.39, 0.29) is 92.4 Å². The van der Waals surface area contributed by atoms with Gasteiger partial charge in [0.2, 0.25) is 21.1 Å². The zero-order valence-corrected chi connectivity index (χ0v) is 42.7. The van der Waals surface area contributed by atoms with E-state index in [0.717, 1.165) is 17.4 Å². The molecule has 7 rings (SSSR count). The van der Waals surface area contributed by atoms with Crippen LogP contribution in [-0.2, 0) is 53.0 Å². The number of hydrogen-bond acceptors (Lipinski definition) is 16. The molecule has 1 aliphatic heterocycles. The first kappa shape index (κ1) is 52.0. The molecule has 1 aliphatic rings. The fourth-order valence-corrected chi connectivity index (χ4v) is 9.67. The molecule has 3 N–H and O–H groups in total. The number of sulfonamides is 1. The minimum atomic E-state index is -3.81. The third-order valence-electron chi connectivity index (χ3n) is 10.8. The fourth-order valence-electron chi connectivity index (χ4n) is 7.57. The lowest BCUT2D eigenvalue weighted by Crippen LogP contribution is -2.40. The Morgan fingerprint density at radius 2 is 1.62 bits per heavy atom. The number of ether oxygens (including phenoxy) is 4. The second-order valence-corrected chi connectivity index (χ2v) is 21.0. The van der Waals surface area contributed by atoms with Gasteiger partial charge in [0.05, 0.1) is 78.5 Å². The maximum Gasteiger partial charge on any atom is 0.316 e. The number of anilines is 2. The number of aryl methyl sites for hydroxylation is 2. The Kier molecular flexibility index (Phi) is 16.2. The van der Waals surface area contributed by atoms with Crippen LogP contribution in [0.1, 0.15) is 53.6 Å². The highest BCUT2D eigenvalue weighted by atomic mass is 32.2. The van der Waals surface area contributed by atoms with E-state index < -0.39 is 49.3 Å². The summed E-state index contributed by atoms with van der Waals surface area (Å²) in [5, 5.41) is 20.5. The number of nitrogens with zero attached hydrogens (tertiary/aromatic N) is 4. The van der Waals surface area contributed by atoms with E-state index in [4.69, 9.17) is 31.8 Å². The van der Waals surface area contributed by atoms with Gasteiger partial charge in [0, 0.05) is 48.5 Å². The highest BCUT2D eigenvalue weighted by Gasteiger charge is 2.31. The Morgan fingerprint density at radius 3 is 2.31 bits per heavy atom. The number of phenolic OH excluding ortho intramolecular Hbond substituents is 1. The summed E-state index contributed by atoms with van der Waals surface area (Å²) in [5.41, 5.74) is 1.86. The highest BCUT2D eigenvalue weighted by molar-refractivity contribution is 7.92. The van der Waals surface area contributed by atoms with E-state index >= 15 is 0 Å².